The van der Waals surface area contributed by atoms with Crippen LogP contribution in [0.3, 0.4) is 0 Å². The summed E-state index contributed by atoms with van der Waals surface area (Å²) in [5.41, 5.74) is -0.641. The molecule has 0 aromatic heterocycles. The Balaban J connectivity index is 3.16. The molecule has 1 aromatic carbocycles. The Labute approximate surface area is 129 Å². The van der Waals surface area contributed by atoms with Gasteiger partial charge in [0.05, 0.1) is 17.2 Å². The van der Waals surface area contributed by atoms with Gasteiger partial charge in [0.15, 0.2) is 0 Å². The highest BCUT2D eigenvalue weighted by Crippen LogP contribution is 2.24. The van der Waals surface area contributed by atoms with Gasteiger partial charge < -0.3 is 9.84 Å². The maximum absolute atomic E-state index is 12.3. The van der Waals surface area contributed by atoms with Gasteiger partial charge in [-0.1, -0.05) is 11.6 Å². The molecule has 0 atom stereocenters. The first kappa shape index (κ1) is 17.9. The van der Waals surface area contributed by atoms with Crippen LogP contribution in [0.15, 0.2) is 23.1 Å². The van der Waals surface area contributed by atoms with Crippen LogP contribution in [-0.4, -0.2) is 38.2 Å². The van der Waals surface area contributed by atoms with Crippen LogP contribution >= 0.6 is 11.6 Å². The predicted octanol–water partition coefficient (Wildman–Crippen LogP) is 1.57. The number of carbonyl (C=O) groups excluding carboxylic acids is 1. The smallest absolute Gasteiger partial charge is 0.338 e. The van der Waals surface area contributed by atoms with Crippen molar-refractivity contribution in [2.75, 3.05) is 13.2 Å². The largest absolute Gasteiger partial charge is 0.460 e. The zero-order chi connectivity index (χ0) is 16.3. The van der Waals surface area contributed by atoms with E-state index >= 15 is 0 Å². The van der Waals surface area contributed by atoms with Gasteiger partial charge in [-0.2, -0.15) is 0 Å². The average Bonchev–Trinajstić information content (AvgIpc) is 2.33. The number of aliphatic hydroxyl groups is 1. The van der Waals surface area contributed by atoms with E-state index in [1.54, 1.807) is 20.8 Å². The number of aliphatic hydroxyl groups excluding tert-OH is 1. The number of sulfonamides is 1. The quantitative estimate of drug-likeness (QED) is 0.797. The van der Waals surface area contributed by atoms with Crippen LogP contribution < -0.4 is 4.72 Å². The van der Waals surface area contributed by atoms with Gasteiger partial charge in [-0.3, -0.25) is 0 Å². The number of ether oxygens (including phenoxy) is 1. The molecule has 118 valence electrons. The van der Waals surface area contributed by atoms with Crippen molar-refractivity contribution in [3.63, 3.8) is 0 Å². The molecule has 0 saturated carbocycles. The van der Waals surface area contributed by atoms with E-state index in [1.807, 2.05) is 0 Å². The van der Waals surface area contributed by atoms with Crippen molar-refractivity contribution < 1.29 is 23.1 Å². The third-order valence-corrected chi connectivity index (χ3v) is 4.46. The number of hydrogen-bond donors (Lipinski definition) is 2. The summed E-state index contributed by atoms with van der Waals surface area (Å²) in [6.07, 6.45) is 0. The molecule has 2 N–H and O–H groups in total. The Kier molecular flexibility index (Phi) is 5.75. The van der Waals surface area contributed by atoms with E-state index in [9.17, 15) is 13.2 Å². The third kappa shape index (κ3) is 5.28. The fourth-order valence-electron chi connectivity index (χ4n) is 1.52. The van der Waals surface area contributed by atoms with E-state index in [-0.39, 0.29) is 28.7 Å². The van der Waals surface area contributed by atoms with Gasteiger partial charge >= 0.3 is 5.97 Å². The van der Waals surface area contributed by atoms with Gasteiger partial charge in [0.2, 0.25) is 10.0 Å². The average molecular weight is 336 g/mol. The van der Waals surface area contributed by atoms with E-state index in [0.29, 0.717) is 0 Å². The van der Waals surface area contributed by atoms with E-state index in [1.165, 1.54) is 12.1 Å². The summed E-state index contributed by atoms with van der Waals surface area (Å²) in [4.78, 5) is 11.5. The van der Waals surface area contributed by atoms with Gasteiger partial charge in [0.25, 0.3) is 0 Å². The molecule has 0 bridgehead atoms. The number of benzene rings is 1. The normalized spacial score (nSPS) is 12.2. The third-order valence-electron chi connectivity index (χ3n) is 2.22. The van der Waals surface area contributed by atoms with Crippen LogP contribution in [-0.2, 0) is 14.8 Å². The summed E-state index contributed by atoms with van der Waals surface area (Å²) in [6.45, 7) is 4.60. The predicted molar refractivity (Wildman–Crippen MR) is 78.9 cm³/mol. The number of halogens is 1. The van der Waals surface area contributed by atoms with Gasteiger partial charge in [0.1, 0.15) is 11.5 Å². The zero-order valence-corrected chi connectivity index (χ0v) is 13.6. The molecular formula is C13H18ClNO5S. The van der Waals surface area contributed by atoms with Crippen LogP contribution in [0.25, 0.3) is 0 Å². The molecular weight excluding hydrogens is 318 g/mol. The lowest BCUT2D eigenvalue weighted by Crippen LogP contribution is -2.40. The van der Waals surface area contributed by atoms with Crippen LogP contribution in [0.4, 0.5) is 0 Å². The maximum Gasteiger partial charge on any atom is 0.338 e. The number of rotatable bonds is 5. The molecule has 0 fully saturated rings. The lowest BCUT2D eigenvalue weighted by atomic mass is 10.1. The minimum atomic E-state index is -3.86. The molecule has 0 spiro atoms. The molecule has 0 unspecified atom stereocenters. The molecule has 0 aliphatic carbocycles. The van der Waals surface area contributed by atoms with Crippen molar-refractivity contribution in [3.05, 3.63) is 28.8 Å². The van der Waals surface area contributed by atoms with Crippen molar-refractivity contribution in [1.29, 1.82) is 0 Å². The van der Waals surface area contributed by atoms with Crippen molar-refractivity contribution >= 4 is 27.6 Å². The molecule has 0 radical (unpaired) electrons. The van der Waals surface area contributed by atoms with Gasteiger partial charge in [-0.25, -0.2) is 17.9 Å². The minimum absolute atomic E-state index is 0.00505. The highest BCUT2D eigenvalue weighted by molar-refractivity contribution is 7.89. The molecule has 0 heterocycles. The van der Waals surface area contributed by atoms with Crippen LogP contribution in [0.2, 0.25) is 5.02 Å². The Morgan fingerprint density at radius 3 is 2.52 bits per heavy atom. The molecule has 0 amide bonds. The number of hydrogen-bond acceptors (Lipinski definition) is 5. The summed E-state index contributed by atoms with van der Waals surface area (Å²) in [5, 5.41) is 8.62. The van der Waals surface area contributed by atoms with Crippen LogP contribution in [0, 0.1) is 0 Å². The molecule has 0 saturated heterocycles. The Morgan fingerprint density at radius 1 is 1.38 bits per heavy atom. The highest BCUT2D eigenvalue weighted by atomic mass is 35.5. The van der Waals surface area contributed by atoms with Crippen molar-refractivity contribution in [2.45, 2.75) is 31.2 Å². The van der Waals surface area contributed by atoms with Gasteiger partial charge in [-0.05, 0) is 39.0 Å². The number of esters is 1. The summed E-state index contributed by atoms with van der Waals surface area (Å²) in [6, 6.07) is 3.82. The second kappa shape index (κ2) is 6.74. The van der Waals surface area contributed by atoms with Crippen LogP contribution in [0.5, 0.6) is 0 Å². The van der Waals surface area contributed by atoms with E-state index in [4.69, 9.17) is 21.4 Å². The van der Waals surface area contributed by atoms with E-state index < -0.39 is 21.5 Å². The van der Waals surface area contributed by atoms with Gasteiger partial charge in [0, 0.05) is 5.54 Å². The first-order valence-electron chi connectivity index (χ1n) is 6.18. The molecule has 1 aromatic rings. The number of nitrogens with one attached hydrogen (secondary N) is 1. The summed E-state index contributed by atoms with van der Waals surface area (Å²) >= 11 is 5.91. The van der Waals surface area contributed by atoms with Gasteiger partial charge in [-0.15, -0.1) is 0 Å². The first-order valence-corrected chi connectivity index (χ1v) is 8.04. The van der Waals surface area contributed by atoms with Crippen molar-refractivity contribution in [1.82, 2.24) is 4.72 Å². The van der Waals surface area contributed by atoms with Crippen molar-refractivity contribution in [3.8, 4) is 0 Å². The highest BCUT2D eigenvalue weighted by Gasteiger charge is 2.25. The standard InChI is InChI=1S/C13H18ClNO5S/c1-13(2,3)15-21(18,19)11-8-9(4-5-10(11)14)12(17)20-7-6-16/h4-5,8,15-16H,6-7H2,1-3H3. The molecule has 6 nitrogen and oxygen atoms in total. The van der Waals surface area contributed by atoms with E-state index in [2.05, 4.69) is 4.72 Å². The van der Waals surface area contributed by atoms with Crippen molar-refractivity contribution in [2.24, 2.45) is 0 Å². The fourth-order valence-corrected chi connectivity index (χ4v) is 3.46. The lowest BCUT2D eigenvalue weighted by Gasteiger charge is -2.21. The SMILES string of the molecule is CC(C)(C)NS(=O)(=O)c1cc(C(=O)OCCO)ccc1Cl. The summed E-state index contributed by atoms with van der Waals surface area (Å²) in [5.74, 6) is -0.729. The molecule has 1 rings (SSSR count). The lowest BCUT2D eigenvalue weighted by molar-refractivity contribution is 0.0433. The second-order valence-corrected chi connectivity index (χ2v) is 7.42. The summed E-state index contributed by atoms with van der Waals surface area (Å²) in [7, 11) is -3.86. The number of carbonyl (C=O) groups is 1. The first-order chi connectivity index (χ1) is 9.57. The fraction of sp³-hybridized carbons (Fsp3) is 0.462. The molecule has 0 aliphatic rings. The summed E-state index contributed by atoms with van der Waals surface area (Å²) < 4.78 is 31.7. The zero-order valence-electron chi connectivity index (χ0n) is 12.0. The van der Waals surface area contributed by atoms with E-state index in [0.717, 1.165) is 6.07 Å². The Hall–Kier alpha value is -1.15. The topological polar surface area (TPSA) is 92.7 Å². The van der Waals surface area contributed by atoms with Crippen LogP contribution in [0.1, 0.15) is 31.1 Å². The molecule has 0 aliphatic heterocycles. The second-order valence-electron chi connectivity index (χ2n) is 5.36. The Bertz CT molecular complexity index is 622. The molecule has 21 heavy (non-hydrogen) atoms. The monoisotopic (exact) mass is 335 g/mol. The minimum Gasteiger partial charge on any atom is -0.460 e. The maximum atomic E-state index is 12.3. The Morgan fingerprint density at radius 2 is 2.00 bits per heavy atom. The molecule has 8 heteroatoms.